The van der Waals surface area contributed by atoms with Crippen molar-refractivity contribution in [3.63, 3.8) is 0 Å². The highest BCUT2D eigenvalue weighted by Gasteiger charge is 2.25. The predicted molar refractivity (Wildman–Crippen MR) is 93.6 cm³/mol. The molecule has 0 radical (unpaired) electrons. The highest BCUT2D eigenvalue weighted by Crippen LogP contribution is 2.27. The van der Waals surface area contributed by atoms with Gasteiger partial charge < -0.3 is 24.5 Å². The van der Waals surface area contributed by atoms with E-state index in [2.05, 4.69) is 16.7 Å². The first-order valence-electron chi connectivity index (χ1n) is 8.52. The number of furan rings is 1. The van der Waals surface area contributed by atoms with Crippen LogP contribution in [-0.2, 0) is 16.1 Å². The van der Waals surface area contributed by atoms with Gasteiger partial charge in [-0.15, -0.1) is 0 Å². The van der Waals surface area contributed by atoms with Gasteiger partial charge in [-0.2, -0.15) is 5.26 Å². The Labute approximate surface area is 151 Å². The van der Waals surface area contributed by atoms with Gasteiger partial charge in [0.25, 0.3) is 11.8 Å². The fourth-order valence-corrected chi connectivity index (χ4v) is 3.20. The van der Waals surface area contributed by atoms with E-state index in [-0.39, 0.29) is 24.9 Å². The van der Waals surface area contributed by atoms with Crippen LogP contribution in [0.1, 0.15) is 22.6 Å². The van der Waals surface area contributed by atoms with E-state index >= 15 is 0 Å². The summed E-state index contributed by atoms with van der Waals surface area (Å²) >= 11 is 0. The lowest BCUT2D eigenvalue weighted by Gasteiger charge is -2.23. The van der Waals surface area contributed by atoms with Crippen molar-refractivity contribution in [1.29, 1.82) is 5.26 Å². The van der Waals surface area contributed by atoms with Gasteiger partial charge in [0.15, 0.2) is 13.1 Å². The average molecular weight is 356 g/mol. The lowest BCUT2D eigenvalue weighted by atomic mass is 10.2. The Balaban J connectivity index is 1.81. The van der Waals surface area contributed by atoms with Crippen molar-refractivity contribution < 1.29 is 18.9 Å². The normalized spacial score (nSPS) is 16.8. The summed E-state index contributed by atoms with van der Waals surface area (Å²) in [5.74, 6) is 0.945. The molecule has 1 aliphatic rings. The number of nitriles is 1. The van der Waals surface area contributed by atoms with Gasteiger partial charge >= 0.3 is 0 Å². The lowest BCUT2D eigenvalue weighted by Crippen LogP contribution is -3.16. The summed E-state index contributed by atoms with van der Waals surface area (Å²) in [5.41, 5.74) is 2.19. The zero-order valence-corrected chi connectivity index (χ0v) is 14.9. The van der Waals surface area contributed by atoms with Crippen molar-refractivity contribution in [1.82, 2.24) is 9.88 Å². The lowest BCUT2D eigenvalue weighted by molar-refractivity contribution is -0.885. The van der Waals surface area contributed by atoms with Gasteiger partial charge in [0.2, 0.25) is 0 Å². The molecule has 0 aromatic carbocycles. The third-order valence-corrected chi connectivity index (χ3v) is 4.71. The van der Waals surface area contributed by atoms with Gasteiger partial charge in [-0.1, -0.05) is 0 Å². The van der Waals surface area contributed by atoms with Crippen LogP contribution in [0, 0.1) is 25.2 Å². The van der Waals surface area contributed by atoms with Crippen LogP contribution in [0.5, 0.6) is 0 Å². The summed E-state index contributed by atoms with van der Waals surface area (Å²) in [5, 5.41) is 15.2. The van der Waals surface area contributed by atoms with Crippen LogP contribution in [0.15, 0.2) is 22.8 Å². The quantitative estimate of drug-likeness (QED) is 0.676. The summed E-state index contributed by atoms with van der Waals surface area (Å²) in [6.07, 6.45) is 1.59. The zero-order valence-electron chi connectivity index (χ0n) is 14.9. The number of carbonyl (C=O) groups excluding carboxylic acids is 2. The molecule has 0 aliphatic carbocycles. The Morgan fingerprint density at radius 1 is 1.50 bits per heavy atom. The highest BCUT2D eigenvalue weighted by atomic mass is 16.3. The molecule has 8 heteroatoms. The number of piperazine rings is 1. The number of nitrogens with one attached hydrogen (secondary N) is 3. The standard InChI is InChI=1S/C18H21N5O3/c1-12-13(2)23(9-14-4-3-7-26-14)18(15(12)8-19)21-17(25)11-22-6-5-20-16(24)10-22/h3-4,7H,5-6,9-11H2,1-2H3,(H,20,24)(H,21,25)/p+1. The topological polar surface area (TPSA) is 105 Å². The number of anilines is 1. The van der Waals surface area contributed by atoms with E-state index in [1.54, 1.807) is 12.3 Å². The summed E-state index contributed by atoms with van der Waals surface area (Å²) in [4.78, 5) is 24.9. The third kappa shape index (κ3) is 3.63. The van der Waals surface area contributed by atoms with Crippen molar-refractivity contribution >= 4 is 17.6 Å². The smallest absolute Gasteiger partial charge is 0.280 e. The van der Waals surface area contributed by atoms with Crippen LogP contribution in [0.25, 0.3) is 0 Å². The molecule has 1 unspecified atom stereocenters. The molecule has 2 aromatic heterocycles. The third-order valence-electron chi connectivity index (χ3n) is 4.71. The van der Waals surface area contributed by atoms with Gasteiger partial charge in [0.05, 0.1) is 31.5 Å². The molecule has 3 rings (SSSR count). The maximum Gasteiger partial charge on any atom is 0.280 e. The fourth-order valence-electron chi connectivity index (χ4n) is 3.20. The van der Waals surface area contributed by atoms with Gasteiger partial charge in [0, 0.05) is 5.69 Å². The number of nitrogens with zero attached hydrogens (tertiary/aromatic N) is 2. The molecular weight excluding hydrogens is 334 g/mol. The Morgan fingerprint density at radius 2 is 2.31 bits per heavy atom. The van der Waals surface area contributed by atoms with Crippen LogP contribution < -0.4 is 15.5 Å². The average Bonchev–Trinajstić information content (AvgIpc) is 3.18. The summed E-state index contributed by atoms with van der Waals surface area (Å²) in [7, 11) is 0. The summed E-state index contributed by atoms with van der Waals surface area (Å²) in [6, 6.07) is 5.83. The van der Waals surface area contributed by atoms with Crippen LogP contribution in [0.3, 0.4) is 0 Å². The van der Waals surface area contributed by atoms with Crippen molar-refractivity contribution in [2.24, 2.45) is 0 Å². The minimum absolute atomic E-state index is 0.0513. The Kier molecular flexibility index (Phi) is 5.09. The van der Waals surface area contributed by atoms with Crippen LogP contribution in [0.2, 0.25) is 0 Å². The van der Waals surface area contributed by atoms with Crippen molar-refractivity contribution in [2.45, 2.75) is 20.4 Å². The Hall–Kier alpha value is -3.05. The van der Waals surface area contributed by atoms with Crippen LogP contribution in [-0.4, -0.2) is 42.6 Å². The molecule has 2 amide bonds. The van der Waals surface area contributed by atoms with Gasteiger partial charge in [-0.05, 0) is 31.5 Å². The van der Waals surface area contributed by atoms with E-state index in [1.807, 2.05) is 24.5 Å². The molecule has 1 saturated heterocycles. The molecule has 26 heavy (non-hydrogen) atoms. The molecule has 1 aliphatic heterocycles. The van der Waals surface area contributed by atoms with Gasteiger partial charge in [-0.25, -0.2) is 0 Å². The number of quaternary nitrogens is 1. The maximum atomic E-state index is 12.5. The first kappa shape index (κ1) is 17.8. The van der Waals surface area contributed by atoms with E-state index in [1.165, 1.54) is 0 Å². The summed E-state index contributed by atoms with van der Waals surface area (Å²) in [6.45, 7) is 5.94. The molecule has 8 nitrogen and oxygen atoms in total. The summed E-state index contributed by atoms with van der Waals surface area (Å²) < 4.78 is 7.28. The fraction of sp³-hybridized carbons (Fsp3) is 0.389. The van der Waals surface area contributed by atoms with E-state index in [0.717, 1.165) is 21.9 Å². The number of carbonyl (C=O) groups is 2. The Bertz CT molecular complexity index is 861. The second kappa shape index (κ2) is 7.45. The zero-order chi connectivity index (χ0) is 18.7. The van der Waals surface area contributed by atoms with Crippen molar-refractivity contribution in [3.8, 4) is 6.07 Å². The largest absolute Gasteiger partial charge is 0.467 e. The molecule has 136 valence electrons. The second-order valence-electron chi connectivity index (χ2n) is 6.46. The van der Waals surface area contributed by atoms with Crippen molar-refractivity contribution in [2.75, 3.05) is 31.5 Å². The SMILES string of the molecule is Cc1c(C#N)c(NC(=O)C[NH+]2CCNC(=O)C2)n(Cc2ccco2)c1C. The number of amides is 2. The molecule has 3 N–H and O–H groups in total. The molecule has 1 atom stereocenters. The minimum Gasteiger partial charge on any atom is -0.467 e. The number of aromatic nitrogens is 1. The molecular formula is C18H22N5O3+. The van der Waals surface area contributed by atoms with E-state index < -0.39 is 0 Å². The Morgan fingerprint density at radius 3 is 2.96 bits per heavy atom. The minimum atomic E-state index is -0.218. The van der Waals surface area contributed by atoms with E-state index in [0.29, 0.717) is 31.0 Å². The molecule has 0 saturated carbocycles. The van der Waals surface area contributed by atoms with Crippen molar-refractivity contribution in [3.05, 3.63) is 41.0 Å². The number of hydrogen-bond acceptors (Lipinski definition) is 4. The molecule has 1 fully saturated rings. The predicted octanol–water partition coefficient (Wildman–Crippen LogP) is -0.429. The van der Waals surface area contributed by atoms with Crippen LogP contribution in [0.4, 0.5) is 5.82 Å². The highest BCUT2D eigenvalue weighted by molar-refractivity contribution is 5.92. The first-order chi connectivity index (χ1) is 12.5. The number of hydrogen-bond donors (Lipinski definition) is 3. The van der Waals surface area contributed by atoms with Gasteiger partial charge in [0.1, 0.15) is 17.6 Å². The molecule has 2 aromatic rings. The molecule has 0 spiro atoms. The van der Waals surface area contributed by atoms with E-state index in [9.17, 15) is 14.9 Å². The monoisotopic (exact) mass is 356 g/mol. The second-order valence-corrected chi connectivity index (χ2v) is 6.46. The van der Waals surface area contributed by atoms with Crippen LogP contribution >= 0.6 is 0 Å². The number of rotatable bonds is 5. The van der Waals surface area contributed by atoms with E-state index in [4.69, 9.17) is 4.42 Å². The molecule has 0 bridgehead atoms. The maximum absolute atomic E-state index is 12.5. The van der Waals surface area contributed by atoms with Gasteiger partial charge in [-0.3, -0.25) is 9.59 Å². The first-order valence-corrected chi connectivity index (χ1v) is 8.52. The molecule has 3 heterocycles.